The van der Waals surface area contributed by atoms with Crippen molar-refractivity contribution in [3.05, 3.63) is 40.0 Å². The molecular formula is C12H10BrN5. The van der Waals surface area contributed by atoms with E-state index in [1.54, 1.807) is 12.3 Å². The third-order valence-electron chi connectivity index (χ3n) is 2.66. The van der Waals surface area contributed by atoms with Gasteiger partial charge in [0.05, 0.1) is 6.54 Å². The maximum absolute atomic E-state index is 5.54. The minimum atomic E-state index is 0.252. The van der Waals surface area contributed by atoms with Gasteiger partial charge in [-0.05, 0) is 23.8 Å². The van der Waals surface area contributed by atoms with Gasteiger partial charge in [-0.2, -0.15) is 4.98 Å². The molecule has 1 aliphatic heterocycles. The summed E-state index contributed by atoms with van der Waals surface area (Å²) in [7, 11) is 0. The average molecular weight is 304 g/mol. The molecule has 1 aromatic heterocycles. The van der Waals surface area contributed by atoms with Crippen molar-refractivity contribution in [2.75, 3.05) is 11.1 Å². The highest BCUT2D eigenvalue weighted by molar-refractivity contribution is 9.10. The van der Waals surface area contributed by atoms with Gasteiger partial charge in [0, 0.05) is 28.1 Å². The molecule has 0 saturated carbocycles. The lowest BCUT2D eigenvalue weighted by molar-refractivity contribution is 1.10. The molecule has 90 valence electrons. The van der Waals surface area contributed by atoms with Crippen LogP contribution in [0.15, 0.2) is 33.9 Å². The molecule has 1 aromatic carbocycles. The van der Waals surface area contributed by atoms with Crippen LogP contribution in [0.1, 0.15) is 11.1 Å². The zero-order valence-corrected chi connectivity index (χ0v) is 11.0. The van der Waals surface area contributed by atoms with Gasteiger partial charge >= 0.3 is 0 Å². The van der Waals surface area contributed by atoms with Crippen molar-refractivity contribution >= 4 is 39.6 Å². The summed E-state index contributed by atoms with van der Waals surface area (Å²) in [5, 5.41) is 3.19. The van der Waals surface area contributed by atoms with E-state index in [-0.39, 0.29) is 5.95 Å². The SMILES string of the molecule is Nc1nccc(Nc2cc(Br)c3c(c2)C=NC3)n1. The molecule has 6 heteroatoms. The van der Waals surface area contributed by atoms with Crippen molar-refractivity contribution in [1.82, 2.24) is 9.97 Å². The molecule has 0 atom stereocenters. The molecule has 0 amide bonds. The van der Waals surface area contributed by atoms with Gasteiger partial charge in [0.1, 0.15) is 5.82 Å². The van der Waals surface area contributed by atoms with Gasteiger partial charge < -0.3 is 11.1 Å². The van der Waals surface area contributed by atoms with Crippen LogP contribution in [-0.4, -0.2) is 16.2 Å². The summed E-state index contributed by atoms with van der Waals surface area (Å²) in [5.74, 6) is 0.922. The van der Waals surface area contributed by atoms with E-state index in [9.17, 15) is 0 Å². The number of nitrogens with two attached hydrogens (primary N) is 1. The normalized spacial score (nSPS) is 12.5. The Hall–Kier alpha value is -1.95. The number of aliphatic imine (C=N–C) groups is 1. The van der Waals surface area contributed by atoms with Crippen LogP contribution in [0, 0.1) is 0 Å². The summed E-state index contributed by atoms with van der Waals surface area (Å²) in [6, 6.07) is 5.81. The van der Waals surface area contributed by atoms with E-state index in [1.165, 1.54) is 5.56 Å². The fourth-order valence-electron chi connectivity index (χ4n) is 1.84. The van der Waals surface area contributed by atoms with Gasteiger partial charge in [0.25, 0.3) is 0 Å². The maximum atomic E-state index is 5.54. The molecule has 0 saturated heterocycles. The van der Waals surface area contributed by atoms with Crippen LogP contribution in [0.4, 0.5) is 17.5 Å². The monoisotopic (exact) mass is 303 g/mol. The Balaban J connectivity index is 1.94. The van der Waals surface area contributed by atoms with Crippen molar-refractivity contribution in [2.45, 2.75) is 6.54 Å². The van der Waals surface area contributed by atoms with Crippen LogP contribution in [0.3, 0.4) is 0 Å². The predicted molar refractivity (Wildman–Crippen MR) is 75.2 cm³/mol. The molecule has 2 heterocycles. The molecule has 0 bridgehead atoms. The van der Waals surface area contributed by atoms with Crippen LogP contribution < -0.4 is 11.1 Å². The van der Waals surface area contributed by atoms with Crippen molar-refractivity contribution in [1.29, 1.82) is 0 Å². The molecule has 18 heavy (non-hydrogen) atoms. The van der Waals surface area contributed by atoms with Gasteiger partial charge in [0.15, 0.2) is 0 Å². The summed E-state index contributed by atoms with van der Waals surface area (Å²) < 4.78 is 1.04. The average Bonchev–Trinajstić information content (AvgIpc) is 2.77. The largest absolute Gasteiger partial charge is 0.368 e. The number of rotatable bonds is 2. The summed E-state index contributed by atoms with van der Waals surface area (Å²) in [6.07, 6.45) is 3.49. The van der Waals surface area contributed by atoms with Crippen molar-refractivity contribution in [3.63, 3.8) is 0 Å². The van der Waals surface area contributed by atoms with Crippen LogP contribution in [-0.2, 0) is 6.54 Å². The second kappa shape index (κ2) is 4.38. The third-order valence-corrected chi connectivity index (χ3v) is 3.36. The number of fused-ring (bicyclic) bond motifs is 1. The molecule has 0 fully saturated rings. The Morgan fingerprint density at radius 2 is 2.22 bits per heavy atom. The van der Waals surface area contributed by atoms with Crippen LogP contribution in [0.5, 0.6) is 0 Å². The molecule has 1 aliphatic rings. The fourth-order valence-corrected chi connectivity index (χ4v) is 2.44. The Morgan fingerprint density at radius 3 is 3.06 bits per heavy atom. The number of nitrogens with zero attached hydrogens (tertiary/aromatic N) is 3. The standard InChI is InChI=1S/C12H10BrN5/c13-10-4-8(3-7-5-15-6-9(7)10)17-11-1-2-16-12(14)18-11/h1-5H,6H2,(H3,14,16,17,18). The molecule has 3 N–H and O–H groups in total. The van der Waals surface area contributed by atoms with E-state index in [0.717, 1.165) is 22.3 Å². The van der Waals surface area contributed by atoms with E-state index in [0.29, 0.717) is 5.82 Å². The number of nitrogens with one attached hydrogen (secondary N) is 1. The number of anilines is 3. The Bertz CT molecular complexity index is 638. The van der Waals surface area contributed by atoms with E-state index in [2.05, 4.69) is 36.2 Å². The lowest BCUT2D eigenvalue weighted by Crippen LogP contribution is -2.00. The van der Waals surface area contributed by atoms with E-state index in [1.807, 2.05) is 18.3 Å². The number of hydrogen-bond donors (Lipinski definition) is 2. The highest BCUT2D eigenvalue weighted by atomic mass is 79.9. The Kier molecular flexibility index (Phi) is 2.71. The van der Waals surface area contributed by atoms with Crippen molar-refractivity contribution in [2.24, 2.45) is 4.99 Å². The number of hydrogen-bond acceptors (Lipinski definition) is 5. The summed E-state index contributed by atoms with van der Waals surface area (Å²) in [6.45, 7) is 0.733. The lowest BCUT2D eigenvalue weighted by Gasteiger charge is -2.09. The number of benzene rings is 1. The second-order valence-electron chi connectivity index (χ2n) is 3.92. The quantitative estimate of drug-likeness (QED) is 0.893. The number of aromatic nitrogens is 2. The van der Waals surface area contributed by atoms with Gasteiger partial charge in [-0.1, -0.05) is 15.9 Å². The van der Waals surface area contributed by atoms with Crippen LogP contribution >= 0.6 is 15.9 Å². The van der Waals surface area contributed by atoms with Gasteiger partial charge in [-0.15, -0.1) is 0 Å². The summed E-state index contributed by atoms with van der Waals surface area (Å²) >= 11 is 3.55. The Morgan fingerprint density at radius 1 is 1.33 bits per heavy atom. The zero-order valence-electron chi connectivity index (χ0n) is 9.39. The molecule has 2 aromatic rings. The first-order valence-electron chi connectivity index (χ1n) is 5.40. The molecule has 0 unspecified atom stereocenters. The van der Waals surface area contributed by atoms with Crippen molar-refractivity contribution in [3.8, 4) is 0 Å². The highest BCUT2D eigenvalue weighted by Crippen LogP contribution is 2.29. The number of nitrogen functional groups attached to an aromatic ring is 1. The first kappa shape index (κ1) is 11.2. The van der Waals surface area contributed by atoms with Crippen LogP contribution in [0.2, 0.25) is 0 Å². The smallest absolute Gasteiger partial charge is 0.221 e. The minimum absolute atomic E-state index is 0.252. The molecule has 0 aliphatic carbocycles. The lowest BCUT2D eigenvalue weighted by atomic mass is 10.1. The van der Waals surface area contributed by atoms with Gasteiger partial charge in [0.2, 0.25) is 5.95 Å². The Labute approximate surface area is 112 Å². The first-order valence-corrected chi connectivity index (χ1v) is 6.19. The van der Waals surface area contributed by atoms with Crippen LogP contribution in [0.25, 0.3) is 0 Å². The minimum Gasteiger partial charge on any atom is -0.368 e. The highest BCUT2D eigenvalue weighted by Gasteiger charge is 2.11. The van der Waals surface area contributed by atoms with E-state index in [4.69, 9.17) is 5.73 Å². The summed E-state index contributed by atoms with van der Waals surface area (Å²) in [5.41, 5.74) is 8.81. The number of halogens is 1. The molecule has 3 rings (SSSR count). The fraction of sp³-hybridized carbons (Fsp3) is 0.0833. The van der Waals surface area contributed by atoms with E-state index >= 15 is 0 Å². The zero-order chi connectivity index (χ0) is 12.5. The molecule has 5 nitrogen and oxygen atoms in total. The summed E-state index contributed by atoms with van der Waals surface area (Å²) in [4.78, 5) is 12.2. The topological polar surface area (TPSA) is 76.2 Å². The first-order chi connectivity index (χ1) is 8.72. The van der Waals surface area contributed by atoms with Gasteiger partial charge in [-0.25, -0.2) is 4.98 Å². The molecule has 0 spiro atoms. The second-order valence-corrected chi connectivity index (χ2v) is 4.78. The van der Waals surface area contributed by atoms with Gasteiger partial charge in [-0.3, -0.25) is 4.99 Å². The molecular weight excluding hydrogens is 294 g/mol. The van der Waals surface area contributed by atoms with E-state index < -0.39 is 0 Å². The molecule has 0 radical (unpaired) electrons. The van der Waals surface area contributed by atoms with Crippen molar-refractivity contribution < 1.29 is 0 Å². The maximum Gasteiger partial charge on any atom is 0.221 e. The third kappa shape index (κ3) is 2.06. The predicted octanol–water partition coefficient (Wildman–Crippen LogP) is 2.50.